The zero-order valence-electron chi connectivity index (χ0n) is 16.8. The summed E-state index contributed by atoms with van der Waals surface area (Å²) in [6.45, 7) is 5.70. The van der Waals surface area contributed by atoms with E-state index in [2.05, 4.69) is 9.67 Å². The monoisotopic (exact) mass is 479 g/mol. The van der Waals surface area contributed by atoms with E-state index in [9.17, 15) is 4.79 Å². The topological polar surface area (TPSA) is 49.0 Å². The van der Waals surface area contributed by atoms with Gasteiger partial charge in [0.25, 0.3) is 0 Å². The number of ketones is 1. The largest absolute Gasteiger partial charge is 0.376 e. The molecule has 0 radical (unpaired) electrons. The van der Waals surface area contributed by atoms with E-state index in [1.807, 2.05) is 32.0 Å². The molecule has 3 heterocycles. The van der Waals surface area contributed by atoms with Crippen LogP contribution in [0.25, 0.3) is 5.69 Å². The Balaban J connectivity index is 1.44. The molecule has 1 aliphatic rings. The molecule has 3 aromatic rings. The predicted molar refractivity (Wildman–Crippen MR) is 125 cm³/mol. The van der Waals surface area contributed by atoms with Crippen molar-refractivity contribution in [2.45, 2.75) is 43.7 Å². The molecule has 0 amide bonds. The molecule has 2 aromatic heterocycles. The summed E-state index contributed by atoms with van der Waals surface area (Å²) in [5.74, 6) is 0.429. The fraction of sp³-hybridized carbons (Fsp3) is 0.381. The standard InChI is InChI=1S/C21H22ClN3O2S3/c1-13-10-18(14(2)24(13)11-17-4-3-9-27-17)19(26)12-29-20-23-25(21(28)30-20)16-7-5-15(22)6-8-16/h5-8,10,17H,3-4,9,11-12H2,1-2H3/t17-/m0/s1. The van der Waals surface area contributed by atoms with Crippen LogP contribution in [0.1, 0.15) is 34.6 Å². The molecule has 5 nitrogen and oxygen atoms in total. The molecule has 1 saturated heterocycles. The summed E-state index contributed by atoms with van der Waals surface area (Å²) in [5, 5.41) is 5.23. The van der Waals surface area contributed by atoms with E-state index in [0.29, 0.717) is 14.7 Å². The highest BCUT2D eigenvalue weighted by molar-refractivity contribution is 8.01. The second kappa shape index (κ2) is 9.36. The van der Waals surface area contributed by atoms with Gasteiger partial charge in [0.05, 0.1) is 17.5 Å². The number of rotatable bonds is 7. The summed E-state index contributed by atoms with van der Waals surface area (Å²) in [6, 6.07) is 9.35. The number of aryl methyl sites for hydroxylation is 1. The quantitative estimate of drug-likeness (QED) is 0.240. The van der Waals surface area contributed by atoms with Gasteiger partial charge >= 0.3 is 0 Å². The summed E-state index contributed by atoms with van der Waals surface area (Å²) >= 11 is 14.2. The van der Waals surface area contributed by atoms with Crippen LogP contribution in [-0.4, -0.2) is 38.6 Å². The summed E-state index contributed by atoms with van der Waals surface area (Å²) < 4.78 is 11.1. The lowest BCUT2D eigenvalue weighted by atomic mass is 10.2. The van der Waals surface area contributed by atoms with E-state index >= 15 is 0 Å². The minimum absolute atomic E-state index is 0.103. The molecule has 0 unspecified atom stereocenters. The second-order valence-corrected chi connectivity index (χ2v) is 10.5. The number of Topliss-reactive ketones (excluding diaryl/α,β-unsaturated/α-hetero) is 1. The van der Waals surface area contributed by atoms with Crippen molar-refractivity contribution in [2.75, 3.05) is 12.4 Å². The predicted octanol–water partition coefficient (Wildman–Crippen LogP) is 5.89. The molecule has 0 N–H and O–H groups in total. The maximum Gasteiger partial charge on any atom is 0.184 e. The van der Waals surface area contributed by atoms with Gasteiger partial charge in [-0.05, 0) is 69.2 Å². The van der Waals surface area contributed by atoms with Gasteiger partial charge in [-0.2, -0.15) is 0 Å². The Morgan fingerprint density at radius 3 is 2.83 bits per heavy atom. The minimum Gasteiger partial charge on any atom is -0.376 e. The van der Waals surface area contributed by atoms with E-state index < -0.39 is 0 Å². The average molecular weight is 480 g/mol. The SMILES string of the molecule is Cc1cc(C(=O)CSc2nn(-c3ccc(Cl)cc3)c(=S)s2)c(C)n1C[C@@H]1CCCO1. The van der Waals surface area contributed by atoms with E-state index in [-0.39, 0.29) is 11.9 Å². The Kier molecular flexibility index (Phi) is 6.79. The maximum atomic E-state index is 12.9. The first kappa shape index (κ1) is 21.8. The number of thioether (sulfide) groups is 1. The van der Waals surface area contributed by atoms with Gasteiger partial charge in [0.2, 0.25) is 0 Å². The lowest BCUT2D eigenvalue weighted by Crippen LogP contribution is -2.17. The van der Waals surface area contributed by atoms with E-state index in [0.717, 1.165) is 53.0 Å². The van der Waals surface area contributed by atoms with Crippen molar-refractivity contribution in [1.29, 1.82) is 0 Å². The van der Waals surface area contributed by atoms with Gasteiger partial charge in [0.1, 0.15) is 0 Å². The Morgan fingerprint density at radius 2 is 2.13 bits per heavy atom. The Morgan fingerprint density at radius 1 is 1.37 bits per heavy atom. The minimum atomic E-state index is 0.103. The number of hydrogen-bond donors (Lipinski definition) is 0. The number of halogens is 1. The number of ether oxygens (including phenoxy) is 1. The smallest absolute Gasteiger partial charge is 0.184 e. The molecule has 0 spiro atoms. The molecular weight excluding hydrogens is 458 g/mol. The van der Waals surface area contributed by atoms with Crippen molar-refractivity contribution >= 4 is 52.7 Å². The Labute approximate surface area is 194 Å². The van der Waals surface area contributed by atoms with Crippen molar-refractivity contribution in [3.8, 4) is 5.69 Å². The van der Waals surface area contributed by atoms with Crippen LogP contribution in [0.4, 0.5) is 0 Å². The highest BCUT2D eigenvalue weighted by Crippen LogP contribution is 2.27. The number of carbonyl (C=O) groups excluding carboxylic acids is 1. The fourth-order valence-electron chi connectivity index (χ4n) is 3.63. The van der Waals surface area contributed by atoms with Gasteiger partial charge in [-0.3, -0.25) is 4.79 Å². The van der Waals surface area contributed by atoms with Crippen LogP contribution in [0.5, 0.6) is 0 Å². The average Bonchev–Trinajstić information content (AvgIpc) is 3.43. The van der Waals surface area contributed by atoms with Crippen molar-refractivity contribution in [3.63, 3.8) is 0 Å². The molecule has 0 bridgehead atoms. The third-order valence-corrected chi connectivity index (χ3v) is 7.83. The zero-order chi connectivity index (χ0) is 21.3. The van der Waals surface area contributed by atoms with Crippen LogP contribution in [-0.2, 0) is 11.3 Å². The first-order valence-electron chi connectivity index (χ1n) is 9.73. The molecule has 158 valence electrons. The molecule has 1 atom stereocenters. The van der Waals surface area contributed by atoms with Gasteiger partial charge < -0.3 is 9.30 Å². The number of carbonyl (C=O) groups is 1. The van der Waals surface area contributed by atoms with E-state index in [1.165, 1.54) is 23.1 Å². The Hall–Kier alpha value is -1.45. The van der Waals surface area contributed by atoms with Gasteiger partial charge in [-0.25, -0.2) is 4.68 Å². The van der Waals surface area contributed by atoms with Gasteiger partial charge in [0.15, 0.2) is 14.1 Å². The molecule has 1 aromatic carbocycles. The van der Waals surface area contributed by atoms with Crippen molar-refractivity contribution in [1.82, 2.24) is 14.3 Å². The normalized spacial score (nSPS) is 16.3. The highest BCUT2D eigenvalue weighted by atomic mass is 35.5. The second-order valence-electron chi connectivity index (χ2n) is 7.26. The molecule has 30 heavy (non-hydrogen) atoms. The van der Waals surface area contributed by atoms with Crippen LogP contribution < -0.4 is 0 Å². The fourth-order valence-corrected chi connectivity index (χ4v) is 6.00. The highest BCUT2D eigenvalue weighted by Gasteiger charge is 2.21. The first-order valence-corrected chi connectivity index (χ1v) is 12.3. The van der Waals surface area contributed by atoms with Crippen molar-refractivity contribution in [3.05, 3.63) is 56.3 Å². The van der Waals surface area contributed by atoms with Crippen molar-refractivity contribution < 1.29 is 9.53 Å². The lowest BCUT2D eigenvalue weighted by Gasteiger charge is -2.14. The lowest BCUT2D eigenvalue weighted by molar-refractivity contribution is 0.0957. The molecule has 1 fully saturated rings. The molecular formula is C21H22ClN3O2S3. The first-order chi connectivity index (χ1) is 14.4. The number of aromatic nitrogens is 3. The van der Waals surface area contributed by atoms with Crippen molar-refractivity contribution in [2.24, 2.45) is 0 Å². The van der Waals surface area contributed by atoms with Gasteiger partial charge in [-0.15, -0.1) is 5.10 Å². The number of hydrogen-bond acceptors (Lipinski definition) is 6. The van der Waals surface area contributed by atoms with Crippen LogP contribution in [0.3, 0.4) is 0 Å². The van der Waals surface area contributed by atoms with Gasteiger partial charge in [-0.1, -0.05) is 34.7 Å². The Bertz CT molecular complexity index is 1110. The van der Waals surface area contributed by atoms with Gasteiger partial charge in [0, 0.05) is 35.1 Å². The molecule has 0 aliphatic carbocycles. The summed E-state index contributed by atoms with van der Waals surface area (Å²) in [4.78, 5) is 12.9. The van der Waals surface area contributed by atoms with Crippen LogP contribution >= 0.6 is 46.9 Å². The summed E-state index contributed by atoms with van der Waals surface area (Å²) in [5.41, 5.74) is 3.74. The van der Waals surface area contributed by atoms with Crippen LogP contribution in [0, 0.1) is 17.8 Å². The zero-order valence-corrected chi connectivity index (χ0v) is 20.0. The molecule has 4 rings (SSSR count). The van der Waals surface area contributed by atoms with Crippen LogP contribution in [0.2, 0.25) is 5.02 Å². The maximum absolute atomic E-state index is 12.9. The molecule has 0 saturated carbocycles. The van der Waals surface area contributed by atoms with Crippen LogP contribution in [0.15, 0.2) is 34.7 Å². The van der Waals surface area contributed by atoms with E-state index in [4.69, 9.17) is 28.6 Å². The summed E-state index contributed by atoms with van der Waals surface area (Å²) in [6.07, 6.45) is 2.44. The third kappa shape index (κ3) is 4.73. The van der Waals surface area contributed by atoms with E-state index in [1.54, 1.807) is 16.8 Å². The number of nitrogens with zero attached hydrogens (tertiary/aromatic N) is 3. The number of benzene rings is 1. The molecule has 9 heteroatoms. The molecule has 1 aliphatic heterocycles. The third-order valence-electron chi connectivity index (χ3n) is 5.21. The summed E-state index contributed by atoms with van der Waals surface area (Å²) in [7, 11) is 0.